The molecule has 0 aliphatic rings. The van der Waals surface area contributed by atoms with Crippen molar-refractivity contribution in [2.24, 2.45) is 7.05 Å². The molecule has 0 spiro atoms. The highest BCUT2D eigenvalue weighted by Crippen LogP contribution is 2.33. The lowest BCUT2D eigenvalue weighted by Crippen LogP contribution is -2.11. The molecule has 102 valence electrons. The van der Waals surface area contributed by atoms with E-state index in [1.165, 1.54) is 16.7 Å². The van der Waals surface area contributed by atoms with Crippen LogP contribution in [0.25, 0.3) is 11.3 Å². The third-order valence-electron chi connectivity index (χ3n) is 3.62. The summed E-state index contributed by atoms with van der Waals surface area (Å²) in [4.78, 5) is 4.48. The Balaban J connectivity index is 2.59. The van der Waals surface area contributed by atoms with Crippen molar-refractivity contribution in [2.45, 2.75) is 40.0 Å². The Morgan fingerprint density at radius 1 is 1.16 bits per heavy atom. The number of hydrogen-bond donors (Lipinski definition) is 0. The van der Waals surface area contributed by atoms with Gasteiger partial charge in [0, 0.05) is 12.6 Å². The minimum absolute atomic E-state index is 0.183. The maximum absolute atomic E-state index is 4.48. The molecule has 3 heteroatoms. The van der Waals surface area contributed by atoms with Crippen LogP contribution in [0.15, 0.2) is 22.8 Å². The second-order valence-electron chi connectivity index (χ2n) is 6.14. The summed E-state index contributed by atoms with van der Waals surface area (Å²) in [5, 5.41) is 0. The molecule has 1 heterocycles. The first-order valence-electron chi connectivity index (χ1n) is 6.52. The van der Waals surface area contributed by atoms with Gasteiger partial charge in [-0.3, -0.25) is 0 Å². The molecule has 0 unspecified atom stereocenters. The first-order chi connectivity index (χ1) is 8.71. The number of aryl methyl sites for hydroxylation is 2. The molecule has 0 N–H and O–H groups in total. The van der Waals surface area contributed by atoms with E-state index in [1.54, 1.807) is 0 Å². The molecule has 0 aliphatic heterocycles. The molecule has 1 aromatic carbocycles. The van der Waals surface area contributed by atoms with Gasteiger partial charge in [-0.05, 0) is 46.3 Å². The summed E-state index contributed by atoms with van der Waals surface area (Å²) in [5.74, 6) is 1.01. The minimum atomic E-state index is 0.183. The van der Waals surface area contributed by atoms with Crippen molar-refractivity contribution < 1.29 is 0 Å². The van der Waals surface area contributed by atoms with Crippen LogP contribution in [0.4, 0.5) is 0 Å². The number of aromatic nitrogens is 2. The first kappa shape index (κ1) is 14.3. The van der Waals surface area contributed by atoms with Crippen molar-refractivity contribution in [1.82, 2.24) is 9.55 Å². The highest BCUT2D eigenvalue weighted by atomic mass is 79.9. The van der Waals surface area contributed by atoms with E-state index in [0.29, 0.717) is 0 Å². The fraction of sp³-hybridized carbons (Fsp3) is 0.438. The van der Waals surface area contributed by atoms with Gasteiger partial charge in [-0.15, -0.1) is 0 Å². The van der Waals surface area contributed by atoms with Crippen LogP contribution >= 0.6 is 15.9 Å². The summed E-state index contributed by atoms with van der Waals surface area (Å²) < 4.78 is 3.04. The number of rotatable bonds is 1. The topological polar surface area (TPSA) is 17.8 Å². The zero-order chi connectivity index (χ0) is 14.4. The molecule has 19 heavy (non-hydrogen) atoms. The van der Waals surface area contributed by atoms with Crippen LogP contribution in [0.2, 0.25) is 0 Å². The van der Waals surface area contributed by atoms with Crippen molar-refractivity contribution in [2.75, 3.05) is 0 Å². The summed E-state index contributed by atoms with van der Waals surface area (Å²) in [6, 6.07) is 6.71. The molecule has 2 rings (SSSR count). The number of benzene rings is 1. The number of hydrogen-bond acceptors (Lipinski definition) is 1. The fourth-order valence-electron chi connectivity index (χ4n) is 2.26. The molecule has 2 nitrogen and oxygen atoms in total. The Morgan fingerprint density at radius 3 is 2.21 bits per heavy atom. The van der Waals surface area contributed by atoms with Crippen LogP contribution in [-0.4, -0.2) is 9.55 Å². The normalized spacial score (nSPS) is 11.9. The summed E-state index contributed by atoms with van der Waals surface area (Å²) in [6.07, 6.45) is 0. The van der Waals surface area contributed by atoms with Gasteiger partial charge in [-0.25, -0.2) is 4.98 Å². The average molecular weight is 321 g/mol. The maximum Gasteiger partial charge on any atom is 0.132 e. The predicted molar refractivity (Wildman–Crippen MR) is 84.5 cm³/mol. The Kier molecular flexibility index (Phi) is 3.61. The van der Waals surface area contributed by atoms with Crippen LogP contribution in [0.1, 0.15) is 37.7 Å². The van der Waals surface area contributed by atoms with Crippen LogP contribution < -0.4 is 0 Å². The Bertz CT molecular complexity index is 618. The molecule has 0 radical (unpaired) electrons. The zero-order valence-electron chi connectivity index (χ0n) is 12.5. The van der Waals surface area contributed by atoms with Crippen LogP contribution in [-0.2, 0) is 12.5 Å². The molecular formula is C16H21BrN2. The van der Waals surface area contributed by atoms with Gasteiger partial charge in [0.25, 0.3) is 0 Å². The maximum atomic E-state index is 4.48. The van der Waals surface area contributed by atoms with Gasteiger partial charge < -0.3 is 4.57 Å². The second kappa shape index (κ2) is 4.78. The van der Waals surface area contributed by atoms with E-state index in [4.69, 9.17) is 0 Å². The van der Waals surface area contributed by atoms with E-state index in [9.17, 15) is 0 Å². The highest BCUT2D eigenvalue weighted by molar-refractivity contribution is 9.10. The molecule has 0 amide bonds. The van der Waals surface area contributed by atoms with E-state index < -0.39 is 0 Å². The molecule has 0 atom stereocenters. The lowest BCUT2D eigenvalue weighted by atomic mass is 9.85. The van der Waals surface area contributed by atoms with E-state index in [-0.39, 0.29) is 5.41 Å². The average Bonchev–Trinajstić information content (AvgIpc) is 2.53. The second-order valence-corrected chi connectivity index (χ2v) is 6.89. The van der Waals surface area contributed by atoms with Gasteiger partial charge in [-0.2, -0.15) is 0 Å². The standard InChI is InChI=1S/C16H21BrN2/c1-10-9-12(16(3,4)5)7-8-13(10)14-15(17)18-11(2)19(14)6/h7-9H,1-6H3. The van der Waals surface area contributed by atoms with Crippen molar-refractivity contribution in [1.29, 1.82) is 0 Å². The number of halogens is 1. The zero-order valence-corrected chi connectivity index (χ0v) is 14.1. The quantitative estimate of drug-likeness (QED) is 0.740. The third kappa shape index (κ3) is 2.62. The van der Waals surface area contributed by atoms with Crippen molar-refractivity contribution in [3.63, 3.8) is 0 Å². The molecule has 0 bridgehead atoms. The van der Waals surface area contributed by atoms with Gasteiger partial charge in [0.15, 0.2) is 0 Å². The SMILES string of the molecule is Cc1cc(C(C)(C)C)ccc1-c1c(Br)nc(C)n1C. The third-order valence-corrected chi connectivity index (χ3v) is 4.18. The number of imidazole rings is 1. The molecule has 0 aliphatic carbocycles. The Labute approximate surface area is 124 Å². The first-order valence-corrected chi connectivity index (χ1v) is 7.31. The van der Waals surface area contributed by atoms with Gasteiger partial charge in [0.05, 0.1) is 5.69 Å². The molecule has 2 aromatic rings. The largest absolute Gasteiger partial charge is 0.330 e. The minimum Gasteiger partial charge on any atom is -0.330 e. The molecule has 0 saturated carbocycles. The summed E-state index contributed by atoms with van der Waals surface area (Å²) in [6.45, 7) is 10.9. The van der Waals surface area contributed by atoms with Gasteiger partial charge >= 0.3 is 0 Å². The van der Waals surface area contributed by atoms with Gasteiger partial charge in [-0.1, -0.05) is 39.0 Å². The van der Waals surface area contributed by atoms with E-state index >= 15 is 0 Å². The van der Waals surface area contributed by atoms with Crippen LogP contribution in [0.3, 0.4) is 0 Å². The molecule has 0 saturated heterocycles. The molecule has 0 fully saturated rings. The summed E-state index contributed by atoms with van der Waals surface area (Å²) >= 11 is 3.56. The van der Waals surface area contributed by atoms with Crippen LogP contribution in [0.5, 0.6) is 0 Å². The van der Waals surface area contributed by atoms with Crippen molar-refractivity contribution in [3.8, 4) is 11.3 Å². The fourth-order valence-corrected chi connectivity index (χ4v) is 2.99. The Hall–Kier alpha value is -1.09. The number of nitrogens with zero attached hydrogens (tertiary/aromatic N) is 2. The van der Waals surface area contributed by atoms with E-state index in [2.05, 4.69) is 78.4 Å². The van der Waals surface area contributed by atoms with Gasteiger partial charge in [0.1, 0.15) is 10.4 Å². The van der Waals surface area contributed by atoms with Crippen molar-refractivity contribution >= 4 is 15.9 Å². The van der Waals surface area contributed by atoms with Crippen molar-refractivity contribution in [3.05, 3.63) is 39.8 Å². The van der Waals surface area contributed by atoms with E-state index in [0.717, 1.165) is 16.1 Å². The summed E-state index contributed by atoms with van der Waals surface area (Å²) in [7, 11) is 2.06. The monoisotopic (exact) mass is 320 g/mol. The Morgan fingerprint density at radius 2 is 1.79 bits per heavy atom. The molecule has 1 aromatic heterocycles. The van der Waals surface area contributed by atoms with Gasteiger partial charge in [0.2, 0.25) is 0 Å². The van der Waals surface area contributed by atoms with Crippen LogP contribution in [0, 0.1) is 13.8 Å². The lowest BCUT2D eigenvalue weighted by molar-refractivity contribution is 0.590. The highest BCUT2D eigenvalue weighted by Gasteiger charge is 2.18. The summed E-state index contributed by atoms with van der Waals surface area (Å²) in [5.41, 5.74) is 5.22. The lowest BCUT2D eigenvalue weighted by Gasteiger charge is -2.20. The smallest absolute Gasteiger partial charge is 0.132 e. The van der Waals surface area contributed by atoms with E-state index in [1.807, 2.05) is 6.92 Å². The predicted octanol–water partition coefficient (Wildman–Crippen LogP) is 4.76. The molecular weight excluding hydrogens is 300 g/mol.